The third-order valence-electron chi connectivity index (χ3n) is 2.65. The number of nitrogens with one attached hydrogen (secondary N) is 1. The Hall–Kier alpha value is -1.97. The first-order valence-corrected chi connectivity index (χ1v) is 8.97. The van der Waals surface area contributed by atoms with E-state index in [-0.39, 0.29) is 24.5 Å². The highest BCUT2D eigenvalue weighted by atomic mass is 31.2. The summed E-state index contributed by atoms with van der Waals surface area (Å²) >= 11 is 0. The lowest BCUT2D eigenvalue weighted by molar-refractivity contribution is -0.142. The van der Waals surface area contributed by atoms with Crippen LogP contribution in [-0.4, -0.2) is 47.7 Å². The van der Waals surface area contributed by atoms with Crippen LogP contribution in [0.1, 0.15) is 24.2 Å². The first-order valence-electron chi connectivity index (χ1n) is 7.33. The van der Waals surface area contributed by atoms with E-state index in [4.69, 9.17) is 4.74 Å². The van der Waals surface area contributed by atoms with E-state index in [0.717, 1.165) is 0 Å². The van der Waals surface area contributed by atoms with E-state index in [1.807, 2.05) is 0 Å². The zero-order chi connectivity index (χ0) is 18.9. The minimum absolute atomic E-state index is 0.0138. The van der Waals surface area contributed by atoms with E-state index in [0.29, 0.717) is 0 Å². The van der Waals surface area contributed by atoms with Crippen LogP contribution in [0.4, 0.5) is 0 Å². The van der Waals surface area contributed by atoms with Gasteiger partial charge in [-0.05, 0) is 38.1 Å². The van der Waals surface area contributed by atoms with Gasteiger partial charge in [0.2, 0.25) is 5.97 Å². The molecule has 0 aliphatic carbocycles. The molecule has 140 valence electrons. The Morgan fingerprint density at radius 2 is 1.76 bits per heavy atom. The smallest absolute Gasteiger partial charge is 0.408 e. The molecule has 0 radical (unpaired) electrons. The molecule has 0 heterocycles. The molecule has 1 rings (SSSR count). The fourth-order valence-corrected chi connectivity index (χ4v) is 2.10. The molecule has 3 N–H and O–H groups in total. The Kier molecular flexibility index (Phi) is 8.53. The molecular weight excluding hydrogens is 357 g/mol. The van der Waals surface area contributed by atoms with Gasteiger partial charge in [0.1, 0.15) is 0 Å². The number of benzene rings is 1. The zero-order valence-corrected chi connectivity index (χ0v) is 14.6. The van der Waals surface area contributed by atoms with Crippen molar-refractivity contribution < 1.29 is 43.2 Å². The van der Waals surface area contributed by atoms with Gasteiger partial charge in [-0.2, -0.15) is 0 Å². The summed E-state index contributed by atoms with van der Waals surface area (Å²) in [7, 11) is -4.64. The van der Waals surface area contributed by atoms with Gasteiger partial charge in [0.25, 0.3) is 0 Å². The molecule has 11 heteroatoms. The fourth-order valence-electron chi connectivity index (χ4n) is 1.50. The number of hydrogen-bond acceptors (Lipinski definition) is 9. The van der Waals surface area contributed by atoms with E-state index in [1.54, 1.807) is 13.8 Å². The average molecular weight is 377 g/mol. The Labute approximate surface area is 144 Å². The maximum absolute atomic E-state index is 11.8. The Bertz CT molecular complexity index is 619. The molecule has 0 saturated heterocycles. The molecule has 25 heavy (non-hydrogen) atoms. The van der Waals surface area contributed by atoms with Gasteiger partial charge >= 0.3 is 19.5 Å². The maximum Gasteiger partial charge on any atom is 0.408 e. The van der Waals surface area contributed by atoms with Gasteiger partial charge in [0, 0.05) is 0 Å². The predicted octanol–water partition coefficient (Wildman–Crippen LogP) is 0.788. The van der Waals surface area contributed by atoms with Crippen LogP contribution < -0.4 is 10.2 Å². The molecular formula is C14H20NO9P. The summed E-state index contributed by atoms with van der Waals surface area (Å²) in [4.78, 5) is 36.8. The number of esters is 2. The summed E-state index contributed by atoms with van der Waals surface area (Å²) in [6.07, 6.45) is 0. The number of aliphatic hydroxyl groups is 1. The highest BCUT2D eigenvalue weighted by Gasteiger charge is 2.33. The molecule has 1 aromatic rings. The standard InChI is InChI=1S/C14H20NO9P/c1-3-21-12(16)9-15-14(18)25(19,20)24-23-11-7-5-10(6-8-11)13(17)22-4-2/h5-8,14-15,18H,3-4,9H2,1-2H3,(H,19,20). The SMILES string of the molecule is CCOC(=O)CNC(O)P(=O)(O)OOc1ccc(C(=O)OCC)cc1. The zero-order valence-electron chi connectivity index (χ0n) is 13.7. The minimum Gasteiger partial charge on any atom is -0.465 e. The lowest BCUT2D eigenvalue weighted by Crippen LogP contribution is -2.34. The van der Waals surface area contributed by atoms with Gasteiger partial charge in [0.15, 0.2) is 5.75 Å². The molecule has 2 atom stereocenters. The topological polar surface area (TPSA) is 141 Å². The highest BCUT2D eigenvalue weighted by Crippen LogP contribution is 2.45. The monoisotopic (exact) mass is 377 g/mol. The summed E-state index contributed by atoms with van der Waals surface area (Å²) < 4.78 is 25.5. The van der Waals surface area contributed by atoms with Crippen LogP contribution in [-0.2, 0) is 23.5 Å². The summed E-state index contributed by atoms with van der Waals surface area (Å²) in [5.74, 6) is -3.28. The summed E-state index contributed by atoms with van der Waals surface area (Å²) in [5.41, 5.74) is 0.262. The lowest BCUT2D eigenvalue weighted by atomic mass is 10.2. The molecule has 0 bridgehead atoms. The van der Waals surface area contributed by atoms with E-state index in [2.05, 4.69) is 19.6 Å². The van der Waals surface area contributed by atoms with Crippen LogP contribution in [0.15, 0.2) is 24.3 Å². The first kappa shape index (κ1) is 21.1. The van der Waals surface area contributed by atoms with Crippen molar-refractivity contribution in [1.29, 1.82) is 0 Å². The Morgan fingerprint density at radius 3 is 2.32 bits per heavy atom. The second-order valence-electron chi connectivity index (χ2n) is 4.53. The number of carbonyl (C=O) groups is 2. The predicted molar refractivity (Wildman–Crippen MR) is 84.6 cm³/mol. The van der Waals surface area contributed by atoms with E-state index >= 15 is 0 Å². The number of carbonyl (C=O) groups excluding carboxylic acids is 2. The van der Waals surface area contributed by atoms with Crippen LogP contribution in [0.5, 0.6) is 5.75 Å². The average Bonchev–Trinajstić information content (AvgIpc) is 2.58. The van der Waals surface area contributed by atoms with E-state index in [9.17, 15) is 24.2 Å². The lowest BCUT2D eigenvalue weighted by Gasteiger charge is -2.17. The Balaban J connectivity index is 2.53. The highest BCUT2D eigenvalue weighted by molar-refractivity contribution is 7.53. The molecule has 10 nitrogen and oxygen atoms in total. The number of ether oxygens (including phenoxy) is 2. The third kappa shape index (κ3) is 7.20. The van der Waals surface area contributed by atoms with Crippen molar-refractivity contribution in [2.45, 2.75) is 19.8 Å². The largest absolute Gasteiger partial charge is 0.465 e. The van der Waals surface area contributed by atoms with E-state index < -0.39 is 32.0 Å². The second-order valence-corrected chi connectivity index (χ2v) is 6.29. The van der Waals surface area contributed by atoms with Crippen molar-refractivity contribution in [2.75, 3.05) is 19.8 Å². The summed E-state index contributed by atoms with van der Waals surface area (Å²) in [6, 6.07) is 5.36. The molecule has 0 amide bonds. The molecule has 0 aliphatic rings. The molecule has 0 saturated carbocycles. The van der Waals surface area contributed by atoms with Gasteiger partial charge in [0.05, 0.1) is 25.3 Å². The molecule has 0 spiro atoms. The van der Waals surface area contributed by atoms with Crippen molar-refractivity contribution in [3.8, 4) is 5.75 Å². The van der Waals surface area contributed by atoms with Gasteiger partial charge in [-0.25, -0.2) is 4.79 Å². The summed E-state index contributed by atoms with van der Waals surface area (Å²) in [6.45, 7) is 3.13. The third-order valence-corrected chi connectivity index (χ3v) is 3.74. The van der Waals surface area contributed by atoms with Crippen molar-refractivity contribution in [3.05, 3.63) is 29.8 Å². The van der Waals surface area contributed by atoms with Gasteiger partial charge in [-0.3, -0.25) is 14.7 Å². The van der Waals surface area contributed by atoms with Crippen molar-refractivity contribution in [1.82, 2.24) is 5.32 Å². The first-order chi connectivity index (χ1) is 11.8. The second kappa shape index (κ2) is 10.1. The van der Waals surface area contributed by atoms with Crippen molar-refractivity contribution >= 4 is 19.5 Å². The van der Waals surface area contributed by atoms with Crippen LogP contribution in [0.2, 0.25) is 0 Å². The van der Waals surface area contributed by atoms with Crippen LogP contribution in [0.3, 0.4) is 0 Å². The minimum atomic E-state index is -4.64. The Morgan fingerprint density at radius 1 is 1.16 bits per heavy atom. The van der Waals surface area contributed by atoms with Gasteiger partial charge in [-0.1, -0.05) is 4.67 Å². The molecule has 0 aromatic heterocycles. The van der Waals surface area contributed by atoms with E-state index in [1.165, 1.54) is 24.3 Å². The fraction of sp³-hybridized carbons (Fsp3) is 0.429. The van der Waals surface area contributed by atoms with Crippen LogP contribution in [0, 0.1) is 0 Å². The summed E-state index contributed by atoms with van der Waals surface area (Å²) in [5, 5.41) is 11.6. The maximum atomic E-state index is 11.8. The van der Waals surface area contributed by atoms with Crippen LogP contribution >= 0.6 is 7.60 Å². The van der Waals surface area contributed by atoms with Crippen molar-refractivity contribution in [3.63, 3.8) is 0 Å². The van der Waals surface area contributed by atoms with Gasteiger partial charge < -0.3 is 24.4 Å². The number of hydrogen-bond donors (Lipinski definition) is 3. The van der Waals surface area contributed by atoms with Crippen LogP contribution in [0.25, 0.3) is 0 Å². The number of rotatable bonds is 10. The molecule has 2 unspecified atom stereocenters. The molecule has 0 fully saturated rings. The number of aliphatic hydroxyl groups excluding tert-OH is 1. The normalized spacial score (nSPS) is 14.2. The quantitative estimate of drug-likeness (QED) is 0.176. The van der Waals surface area contributed by atoms with Crippen molar-refractivity contribution in [2.24, 2.45) is 0 Å². The molecule has 0 aliphatic heterocycles. The molecule has 1 aromatic carbocycles. The van der Waals surface area contributed by atoms with Gasteiger partial charge in [-0.15, -0.1) is 0 Å².